The first-order chi connectivity index (χ1) is 16.8. The zero-order chi connectivity index (χ0) is 25.6. The molecule has 2 aromatic rings. The Balaban J connectivity index is 2.11. The quantitative estimate of drug-likeness (QED) is 0.152. The van der Waals surface area contributed by atoms with Gasteiger partial charge in [-0.25, -0.2) is 4.98 Å². The van der Waals surface area contributed by atoms with Crippen LogP contribution in [0.5, 0.6) is 0 Å². The molecule has 0 radical (unpaired) electrons. The number of nitrogens with zero attached hydrogens (tertiary/aromatic N) is 1. The Kier molecular flexibility index (Phi) is 11.4. The Labute approximate surface area is 203 Å². The van der Waals surface area contributed by atoms with E-state index in [1.54, 1.807) is 30.5 Å². The second kappa shape index (κ2) is 14.5. The zero-order valence-corrected chi connectivity index (χ0v) is 19.4. The molecule has 9 N–H and O–H groups in total. The third kappa shape index (κ3) is 9.94. The first-order valence-corrected chi connectivity index (χ1v) is 11.4. The number of nitrogens with one attached hydrogen (secondary N) is 4. The molecular formula is C23H33N7O5. The molecule has 0 spiro atoms. The molecule has 1 aromatic heterocycles. The van der Waals surface area contributed by atoms with Crippen molar-refractivity contribution in [3.05, 3.63) is 54.1 Å². The van der Waals surface area contributed by atoms with Gasteiger partial charge >= 0.3 is 5.97 Å². The van der Waals surface area contributed by atoms with Crippen molar-refractivity contribution in [2.75, 3.05) is 13.1 Å². The number of benzene rings is 1. The van der Waals surface area contributed by atoms with E-state index in [1.165, 1.54) is 6.33 Å². The number of H-pyrrole nitrogens is 1. The van der Waals surface area contributed by atoms with Crippen LogP contribution in [-0.2, 0) is 32.0 Å². The highest BCUT2D eigenvalue weighted by Crippen LogP contribution is 2.07. The summed E-state index contributed by atoms with van der Waals surface area (Å²) in [7, 11) is 0. The molecule has 12 heteroatoms. The van der Waals surface area contributed by atoms with Gasteiger partial charge in [-0.15, -0.1) is 0 Å². The van der Waals surface area contributed by atoms with E-state index < -0.39 is 48.4 Å². The second-order valence-electron chi connectivity index (χ2n) is 8.10. The van der Waals surface area contributed by atoms with E-state index in [-0.39, 0.29) is 12.8 Å². The molecule has 0 aliphatic heterocycles. The lowest BCUT2D eigenvalue weighted by atomic mass is 10.0. The van der Waals surface area contributed by atoms with Gasteiger partial charge in [0.05, 0.1) is 12.4 Å². The molecule has 3 unspecified atom stereocenters. The number of aromatic nitrogens is 2. The average Bonchev–Trinajstić information content (AvgIpc) is 3.35. The number of rotatable bonds is 15. The number of amides is 3. The number of aliphatic carboxylic acids is 1. The Morgan fingerprint density at radius 3 is 2.31 bits per heavy atom. The number of carbonyl (C=O) groups excluding carboxylic acids is 3. The van der Waals surface area contributed by atoms with Crippen LogP contribution in [0.2, 0.25) is 0 Å². The maximum absolute atomic E-state index is 13.1. The van der Waals surface area contributed by atoms with Crippen molar-refractivity contribution in [3.8, 4) is 0 Å². The van der Waals surface area contributed by atoms with Crippen molar-refractivity contribution < 1.29 is 24.3 Å². The summed E-state index contributed by atoms with van der Waals surface area (Å²) in [4.78, 5) is 56.1. The minimum Gasteiger partial charge on any atom is -0.480 e. The number of carboxylic acid groups (broad SMARTS) is 1. The number of carbonyl (C=O) groups is 4. The van der Waals surface area contributed by atoms with Crippen LogP contribution in [0.3, 0.4) is 0 Å². The zero-order valence-electron chi connectivity index (χ0n) is 19.4. The number of unbranched alkanes of at least 4 members (excludes halogenated alkanes) is 1. The van der Waals surface area contributed by atoms with Gasteiger partial charge in [0.1, 0.15) is 18.6 Å². The topological polar surface area (TPSA) is 205 Å². The number of carboxylic acids is 1. The molecule has 0 saturated carbocycles. The normalized spacial score (nSPS) is 13.3. The van der Waals surface area contributed by atoms with E-state index in [1.807, 2.05) is 6.07 Å². The fraction of sp³-hybridized carbons (Fsp3) is 0.435. The summed E-state index contributed by atoms with van der Waals surface area (Å²) in [6, 6.07) is 6.07. The molecule has 0 bridgehead atoms. The van der Waals surface area contributed by atoms with E-state index in [2.05, 4.69) is 25.9 Å². The Morgan fingerprint density at radius 2 is 1.69 bits per heavy atom. The molecule has 0 saturated heterocycles. The van der Waals surface area contributed by atoms with Gasteiger partial charge in [0, 0.05) is 24.7 Å². The van der Waals surface area contributed by atoms with Crippen LogP contribution < -0.4 is 27.4 Å². The van der Waals surface area contributed by atoms with Gasteiger partial charge in [-0.1, -0.05) is 30.3 Å². The summed E-state index contributed by atoms with van der Waals surface area (Å²) in [5.74, 6) is -2.95. The lowest BCUT2D eigenvalue weighted by Gasteiger charge is -2.24. The van der Waals surface area contributed by atoms with Crippen molar-refractivity contribution in [2.45, 2.75) is 50.2 Å². The van der Waals surface area contributed by atoms with Crippen LogP contribution in [0, 0.1) is 0 Å². The highest BCUT2D eigenvalue weighted by molar-refractivity contribution is 5.93. The predicted molar refractivity (Wildman–Crippen MR) is 128 cm³/mol. The third-order valence-electron chi connectivity index (χ3n) is 5.24. The number of aromatic amines is 1. The molecule has 12 nitrogen and oxygen atoms in total. The molecule has 0 aliphatic carbocycles. The molecule has 190 valence electrons. The number of hydrogen-bond acceptors (Lipinski definition) is 7. The van der Waals surface area contributed by atoms with Gasteiger partial charge in [-0.2, -0.15) is 0 Å². The first-order valence-electron chi connectivity index (χ1n) is 11.4. The number of hydrogen-bond donors (Lipinski definition) is 7. The molecule has 2 rings (SSSR count). The molecule has 35 heavy (non-hydrogen) atoms. The van der Waals surface area contributed by atoms with Crippen molar-refractivity contribution in [2.24, 2.45) is 11.5 Å². The fourth-order valence-corrected chi connectivity index (χ4v) is 3.38. The van der Waals surface area contributed by atoms with Crippen LogP contribution in [-0.4, -0.2) is 70.0 Å². The van der Waals surface area contributed by atoms with Crippen molar-refractivity contribution in [1.29, 1.82) is 0 Å². The maximum atomic E-state index is 13.1. The van der Waals surface area contributed by atoms with Gasteiger partial charge in [-0.3, -0.25) is 19.2 Å². The lowest BCUT2D eigenvalue weighted by Crippen LogP contribution is -2.56. The SMILES string of the molecule is NCCCCC(NC(=O)C(N)Cc1cnc[nH]1)C(=O)NC(Cc1ccccc1)C(=O)NCC(=O)O. The van der Waals surface area contributed by atoms with E-state index in [9.17, 15) is 19.2 Å². The number of imidazole rings is 1. The minimum atomic E-state index is -1.21. The van der Waals surface area contributed by atoms with Crippen molar-refractivity contribution in [1.82, 2.24) is 25.9 Å². The molecule has 0 fully saturated rings. The van der Waals surface area contributed by atoms with Crippen LogP contribution >= 0.6 is 0 Å². The van der Waals surface area contributed by atoms with Crippen molar-refractivity contribution in [3.63, 3.8) is 0 Å². The van der Waals surface area contributed by atoms with Gasteiger partial charge in [-0.05, 0) is 31.4 Å². The standard InChI is InChI=1S/C23H33N7O5/c24-9-5-4-8-18(29-21(33)17(25)11-16-12-26-14-28-16)23(35)30-19(22(34)27-13-20(31)32)10-15-6-2-1-3-7-15/h1-3,6-7,12,14,17-19H,4-5,8-11,13,24-25H2,(H,26,28)(H,27,34)(H,29,33)(H,30,35)(H,31,32). The Hall–Kier alpha value is -3.77. The average molecular weight is 488 g/mol. The summed E-state index contributed by atoms with van der Waals surface area (Å²) >= 11 is 0. The van der Waals surface area contributed by atoms with Gasteiger partial charge < -0.3 is 37.5 Å². The summed E-state index contributed by atoms with van der Waals surface area (Å²) in [6.45, 7) is -0.158. The molecule has 1 heterocycles. The fourth-order valence-electron chi connectivity index (χ4n) is 3.38. The number of nitrogens with two attached hydrogens (primary N) is 2. The smallest absolute Gasteiger partial charge is 0.322 e. The maximum Gasteiger partial charge on any atom is 0.322 e. The molecular weight excluding hydrogens is 454 g/mol. The summed E-state index contributed by atoms with van der Waals surface area (Å²) in [5.41, 5.74) is 13.0. The van der Waals surface area contributed by atoms with Crippen LogP contribution in [0.4, 0.5) is 0 Å². The summed E-state index contributed by atoms with van der Waals surface area (Å²) in [6.07, 6.45) is 4.89. The van der Waals surface area contributed by atoms with E-state index >= 15 is 0 Å². The second-order valence-corrected chi connectivity index (χ2v) is 8.10. The van der Waals surface area contributed by atoms with Crippen LogP contribution in [0.1, 0.15) is 30.5 Å². The van der Waals surface area contributed by atoms with E-state index in [4.69, 9.17) is 16.6 Å². The van der Waals surface area contributed by atoms with Crippen LogP contribution in [0.25, 0.3) is 0 Å². The highest BCUT2D eigenvalue weighted by atomic mass is 16.4. The summed E-state index contributed by atoms with van der Waals surface area (Å²) in [5, 5.41) is 16.5. The van der Waals surface area contributed by atoms with Gasteiger partial charge in [0.25, 0.3) is 0 Å². The van der Waals surface area contributed by atoms with Crippen LogP contribution in [0.15, 0.2) is 42.9 Å². The van der Waals surface area contributed by atoms with E-state index in [0.717, 1.165) is 5.56 Å². The molecule has 1 aromatic carbocycles. The lowest BCUT2D eigenvalue weighted by molar-refractivity contribution is -0.138. The van der Waals surface area contributed by atoms with Gasteiger partial charge in [0.15, 0.2) is 0 Å². The Bertz CT molecular complexity index is 952. The van der Waals surface area contributed by atoms with Gasteiger partial charge in [0.2, 0.25) is 17.7 Å². The first kappa shape index (κ1) is 27.5. The van der Waals surface area contributed by atoms with E-state index in [0.29, 0.717) is 31.5 Å². The monoisotopic (exact) mass is 487 g/mol. The predicted octanol–water partition coefficient (Wildman–Crippen LogP) is -1.18. The summed E-state index contributed by atoms with van der Waals surface area (Å²) < 4.78 is 0. The highest BCUT2D eigenvalue weighted by Gasteiger charge is 2.28. The third-order valence-corrected chi connectivity index (χ3v) is 5.24. The molecule has 3 amide bonds. The van der Waals surface area contributed by atoms with Crippen molar-refractivity contribution >= 4 is 23.7 Å². The minimum absolute atomic E-state index is 0.140. The molecule has 3 atom stereocenters. The Morgan fingerprint density at radius 1 is 0.971 bits per heavy atom. The largest absolute Gasteiger partial charge is 0.480 e. The molecule has 0 aliphatic rings.